The van der Waals surface area contributed by atoms with Crippen LogP contribution in [0.2, 0.25) is 0 Å². The zero-order valence-corrected chi connectivity index (χ0v) is 19.6. The lowest BCUT2D eigenvalue weighted by Crippen LogP contribution is -2.44. The zero-order valence-electron chi connectivity index (χ0n) is 19.6. The van der Waals surface area contributed by atoms with E-state index in [1.54, 1.807) is 31.3 Å². The van der Waals surface area contributed by atoms with Crippen molar-refractivity contribution in [2.75, 3.05) is 47.2 Å². The first-order valence-electron chi connectivity index (χ1n) is 11.4. The Hall–Kier alpha value is -2.55. The lowest BCUT2D eigenvalue weighted by molar-refractivity contribution is -0.120. The van der Waals surface area contributed by atoms with Gasteiger partial charge in [-0.15, -0.1) is 0 Å². The van der Waals surface area contributed by atoms with Crippen molar-refractivity contribution >= 4 is 5.91 Å². The molecule has 1 aromatic heterocycles. The van der Waals surface area contributed by atoms with Gasteiger partial charge >= 0.3 is 0 Å². The van der Waals surface area contributed by atoms with Crippen LogP contribution in [0.5, 0.6) is 11.5 Å². The summed E-state index contributed by atoms with van der Waals surface area (Å²) in [6, 6.07) is 9.24. The third kappa shape index (κ3) is 5.88. The minimum absolute atomic E-state index is 0.0159. The number of ether oxygens (including phenoxy) is 5. The van der Waals surface area contributed by atoms with Crippen LogP contribution in [0.1, 0.15) is 41.6 Å². The average molecular weight is 460 g/mol. The van der Waals surface area contributed by atoms with E-state index in [9.17, 15) is 4.79 Å². The number of hydrogen-bond acceptors (Lipinski definition) is 7. The molecule has 1 atom stereocenters. The first kappa shape index (κ1) is 23.6. The van der Waals surface area contributed by atoms with Crippen LogP contribution in [0.25, 0.3) is 0 Å². The fourth-order valence-electron chi connectivity index (χ4n) is 4.06. The number of hydrogen-bond donors (Lipinski definition) is 0. The second-order valence-electron chi connectivity index (χ2n) is 9.10. The standard InChI is InChI=1S/C25H33NO7/c1-25(15-30-16-25)17-32-23-11-18(6-8-21(23)29-3)12-26(13-19-5-4-10-31-19)24(27)22-9-7-20(33-22)14-28-2/h6-9,11,19H,4-5,10,12-17H2,1-3H3. The van der Waals surface area contributed by atoms with Crippen LogP contribution < -0.4 is 9.47 Å². The molecule has 33 heavy (non-hydrogen) atoms. The first-order chi connectivity index (χ1) is 16.0. The van der Waals surface area contributed by atoms with Crippen LogP contribution in [0, 0.1) is 5.41 Å². The van der Waals surface area contributed by atoms with E-state index in [1.165, 1.54) is 0 Å². The average Bonchev–Trinajstić information content (AvgIpc) is 3.48. The predicted octanol–water partition coefficient (Wildman–Crippen LogP) is 3.67. The summed E-state index contributed by atoms with van der Waals surface area (Å²) in [6.07, 6.45) is 1.97. The van der Waals surface area contributed by atoms with Crippen molar-refractivity contribution < 1.29 is 32.9 Å². The normalized spacial score (nSPS) is 19.2. The molecular formula is C25H33NO7. The molecule has 2 aromatic rings. The highest BCUT2D eigenvalue weighted by Crippen LogP contribution is 2.33. The Morgan fingerprint density at radius 1 is 1.18 bits per heavy atom. The Balaban J connectivity index is 1.51. The quantitative estimate of drug-likeness (QED) is 0.507. The fraction of sp³-hybridized carbons (Fsp3) is 0.560. The summed E-state index contributed by atoms with van der Waals surface area (Å²) >= 11 is 0. The fourth-order valence-corrected chi connectivity index (χ4v) is 4.06. The van der Waals surface area contributed by atoms with E-state index in [0.717, 1.165) is 25.0 Å². The van der Waals surface area contributed by atoms with E-state index in [-0.39, 0.29) is 17.4 Å². The van der Waals surface area contributed by atoms with E-state index >= 15 is 0 Å². The third-order valence-electron chi connectivity index (χ3n) is 5.97. The molecule has 0 N–H and O–H groups in total. The molecule has 180 valence electrons. The first-order valence-corrected chi connectivity index (χ1v) is 11.4. The Morgan fingerprint density at radius 2 is 2.03 bits per heavy atom. The van der Waals surface area contributed by atoms with E-state index in [4.69, 9.17) is 28.1 Å². The molecule has 4 rings (SSSR count). The van der Waals surface area contributed by atoms with Crippen molar-refractivity contribution in [2.24, 2.45) is 5.41 Å². The topological polar surface area (TPSA) is 79.6 Å². The van der Waals surface area contributed by atoms with Crippen molar-refractivity contribution in [2.45, 2.75) is 39.0 Å². The summed E-state index contributed by atoms with van der Waals surface area (Å²) in [5.41, 5.74) is 0.956. The van der Waals surface area contributed by atoms with Crippen molar-refractivity contribution in [3.63, 3.8) is 0 Å². The molecule has 1 unspecified atom stereocenters. The Kier molecular flexibility index (Phi) is 7.57. The molecule has 0 bridgehead atoms. The highest BCUT2D eigenvalue weighted by molar-refractivity contribution is 5.91. The summed E-state index contributed by atoms with van der Waals surface area (Å²) in [7, 11) is 3.22. The van der Waals surface area contributed by atoms with E-state index in [0.29, 0.717) is 62.5 Å². The number of nitrogens with zero attached hydrogens (tertiary/aromatic N) is 1. The summed E-state index contributed by atoms with van der Waals surface area (Å²) in [5, 5.41) is 0. The molecule has 3 heterocycles. The van der Waals surface area contributed by atoms with Crippen LogP contribution in [0.4, 0.5) is 0 Å². The van der Waals surface area contributed by atoms with Gasteiger partial charge in [0.25, 0.3) is 5.91 Å². The second-order valence-corrected chi connectivity index (χ2v) is 9.10. The van der Waals surface area contributed by atoms with Crippen molar-refractivity contribution in [1.82, 2.24) is 4.90 Å². The van der Waals surface area contributed by atoms with Crippen LogP contribution in [0.3, 0.4) is 0 Å². The molecule has 0 saturated carbocycles. The summed E-state index contributed by atoms with van der Waals surface area (Å²) < 4.78 is 33.5. The van der Waals surface area contributed by atoms with Crippen LogP contribution in [-0.4, -0.2) is 64.1 Å². The van der Waals surface area contributed by atoms with Gasteiger partial charge in [-0.2, -0.15) is 0 Å². The van der Waals surface area contributed by atoms with Gasteiger partial charge in [0.05, 0.1) is 33.0 Å². The van der Waals surface area contributed by atoms with Gasteiger partial charge in [0.1, 0.15) is 12.4 Å². The number of amides is 1. The summed E-state index contributed by atoms with van der Waals surface area (Å²) in [5.74, 6) is 2.06. The lowest BCUT2D eigenvalue weighted by Gasteiger charge is -2.37. The maximum atomic E-state index is 13.3. The zero-order chi connectivity index (χ0) is 23.3. The number of rotatable bonds is 11. The summed E-state index contributed by atoms with van der Waals surface area (Å²) in [6.45, 7) is 6.00. The van der Waals surface area contributed by atoms with Gasteiger partial charge in [-0.05, 0) is 42.7 Å². The maximum absolute atomic E-state index is 13.3. The molecule has 2 aliphatic rings. The minimum Gasteiger partial charge on any atom is -0.493 e. The number of furan rings is 1. The SMILES string of the molecule is COCc1ccc(C(=O)N(Cc2ccc(OC)c(OCC3(C)COC3)c2)CC2CCCO2)o1. The van der Waals surface area contributed by atoms with Crippen molar-refractivity contribution in [1.29, 1.82) is 0 Å². The lowest BCUT2D eigenvalue weighted by atomic mass is 9.90. The number of carbonyl (C=O) groups excluding carboxylic acids is 1. The summed E-state index contributed by atoms with van der Waals surface area (Å²) in [4.78, 5) is 15.1. The van der Waals surface area contributed by atoms with Gasteiger partial charge in [0.15, 0.2) is 17.3 Å². The number of methoxy groups -OCH3 is 2. The monoisotopic (exact) mass is 459 g/mol. The third-order valence-corrected chi connectivity index (χ3v) is 5.97. The largest absolute Gasteiger partial charge is 0.493 e. The van der Waals surface area contributed by atoms with Crippen LogP contribution >= 0.6 is 0 Å². The maximum Gasteiger partial charge on any atom is 0.289 e. The van der Waals surface area contributed by atoms with E-state index < -0.39 is 0 Å². The molecule has 2 fully saturated rings. The predicted molar refractivity (Wildman–Crippen MR) is 121 cm³/mol. The van der Waals surface area contributed by atoms with Gasteiger partial charge in [-0.25, -0.2) is 0 Å². The molecule has 0 spiro atoms. The Labute approximate surface area is 194 Å². The molecule has 1 amide bonds. The molecule has 1 aromatic carbocycles. The van der Waals surface area contributed by atoms with Crippen molar-refractivity contribution in [3.05, 3.63) is 47.4 Å². The minimum atomic E-state index is -0.176. The van der Waals surface area contributed by atoms with Crippen LogP contribution in [0.15, 0.2) is 34.7 Å². The van der Waals surface area contributed by atoms with Crippen LogP contribution in [-0.2, 0) is 27.4 Å². The van der Waals surface area contributed by atoms with Crippen molar-refractivity contribution in [3.8, 4) is 11.5 Å². The van der Waals surface area contributed by atoms with E-state index in [1.807, 2.05) is 18.2 Å². The molecule has 8 heteroatoms. The highest BCUT2D eigenvalue weighted by Gasteiger charge is 2.34. The van der Waals surface area contributed by atoms with Gasteiger partial charge in [-0.3, -0.25) is 4.79 Å². The molecule has 2 saturated heterocycles. The van der Waals surface area contributed by atoms with Gasteiger partial charge in [-0.1, -0.05) is 13.0 Å². The van der Waals surface area contributed by atoms with E-state index in [2.05, 4.69) is 6.92 Å². The van der Waals surface area contributed by atoms with Gasteiger partial charge in [0.2, 0.25) is 0 Å². The number of benzene rings is 1. The molecule has 8 nitrogen and oxygen atoms in total. The smallest absolute Gasteiger partial charge is 0.289 e. The van der Waals surface area contributed by atoms with Gasteiger partial charge < -0.3 is 33.0 Å². The highest BCUT2D eigenvalue weighted by atomic mass is 16.5. The molecular weight excluding hydrogens is 426 g/mol. The van der Waals surface area contributed by atoms with Gasteiger partial charge in [0, 0.05) is 32.2 Å². The second kappa shape index (κ2) is 10.6. The Bertz CT molecular complexity index is 931. The molecule has 0 radical (unpaired) electrons. The molecule has 0 aliphatic carbocycles. The molecule has 2 aliphatic heterocycles. The number of carbonyl (C=O) groups is 1. The Morgan fingerprint density at radius 3 is 2.70 bits per heavy atom.